The van der Waals surface area contributed by atoms with Crippen LogP contribution in [0.1, 0.15) is 48.7 Å². The number of rotatable bonds is 10. The molecule has 2 amide bonds. The van der Waals surface area contributed by atoms with Crippen LogP contribution in [0.5, 0.6) is 11.5 Å². The summed E-state index contributed by atoms with van der Waals surface area (Å²) in [6, 6.07) is 12.7. The van der Waals surface area contributed by atoms with Crippen LogP contribution in [0.4, 0.5) is 0 Å². The lowest BCUT2D eigenvalue weighted by Gasteiger charge is -2.22. The van der Waals surface area contributed by atoms with Gasteiger partial charge in [-0.3, -0.25) is 14.4 Å². The molecule has 0 radical (unpaired) electrons. The van der Waals surface area contributed by atoms with Gasteiger partial charge in [0.1, 0.15) is 18.0 Å². The Morgan fingerprint density at radius 2 is 1.50 bits per heavy atom. The number of benzene rings is 2. The Balaban J connectivity index is 2.02. The number of nitrogens with one attached hydrogen (secondary N) is 1. The number of carbonyl (C=O) groups is 3. The van der Waals surface area contributed by atoms with Crippen LogP contribution in [-0.4, -0.2) is 57.1 Å². The van der Waals surface area contributed by atoms with Gasteiger partial charge < -0.3 is 24.4 Å². The predicted molar refractivity (Wildman–Crippen MR) is 129 cm³/mol. The molecule has 0 aliphatic heterocycles. The summed E-state index contributed by atoms with van der Waals surface area (Å²) >= 11 is 0. The second kappa shape index (κ2) is 12.1. The van der Waals surface area contributed by atoms with Gasteiger partial charge in [0.15, 0.2) is 0 Å². The number of methoxy groups -OCH3 is 3. The minimum atomic E-state index is -0.536. The summed E-state index contributed by atoms with van der Waals surface area (Å²) < 4.78 is 15.3. The third-order valence-electron chi connectivity index (χ3n) is 5.32. The highest BCUT2D eigenvalue weighted by Crippen LogP contribution is 2.24. The molecule has 0 aliphatic rings. The van der Waals surface area contributed by atoms with Crippen LogP contribution in [0.3, 0.4) is 0 Å². The molecular weight excluding hydrogens is 436 g/mol. The first-order chi connectivity index (χ1) is 16.1. The third kappa shape index (κ3) is 7.79. The fourth-order valence-corrected chi connectivity index (χ4v) is 3.30. The Bertz CT molecular complexity index is 973. The van der Waals surface area contributed by atoms with Crippen molar-refractivity contribution in [3.63, 3.8) is 0 Å². The van der Waals surface area contributed by atoms with E-state index in [2.05, 4.69) is 26.1 Å². The maximum absolute atomic E-state index is 12.9. The normalized spacial score (nSPS) is 10.9. The molecule has 0 atom stereocenters. The molecule has 0 aliphatic carbocycles. The van der Waals surface area contributed by atoms with E-state index in [0.717, 1.165) is 11.1 Å². The minimum Gasteiger partial charge on any atom is -0.497 e. The summed E-state index contributed by atoms with van der Waals surface area (Å²) in [5, 5.41) is 2.77. The summed E-state index contributed by atoms with van der Waals surface area (Å²) in [5.74, 6) is 0.0566. The van der Waals surface area contributed by atoms with E-state index in [1.54, 1.807) is 30.3 Å². The van der Waals surface area contributed by atoms with Crippen LogP contribution in [-0.2, 0) is 26.3 Å². The molecule has 8 heteroatoms. The Morgan fingerprint density at radius 1 is 0.912 bits per heavy atom. The largest absolute Gasteiger partial charge is 0.497 e. The molecule has 0 spiro atoms. The van der Waals surface area contributed by atoms with Crippen molar-refractivity contribution in [1.82, 2.24) is 10.2 Å². The van der Waals surface area contributed by atoms with Gasteiger partial charge in [0, 0.05) is 31.1 Å². The van der Waals surface area contributed by atoms with Crippen LogP contribution in [0.2, 0.25) is 0 Å². The van der Waals surface area contributed by atoms with Crippen molar-refractivity contribution in [2.75, 3.05) is 34.4 Å². The van der Waals surface area contributed by atoms with Gasteiger partial charge in [0.25, 0.3) is 5.91 Å². The Labute approximate surface area is 201 Å². The highest BCUT2D eigenvalue weighted by atomic mass is 16.5. The van der Waals surface area contributed by atoms with Gasteiger partial charge in [-0.1, -0.05) is 32.9 Å². The molecule has 0 unspecified atom stereocenters. The lowest BCUT2D eigenvalue weighted by atomic mass is 9.87. The molecule has 2 aromatic carbocycles. The van der Waals surface area contributed by atoms with Crippen molar-refractivity contribution in [1.29, 1.82) is 0 Å². The molecule has 0 fully saturated rings. The molecule has 0 bridgehead atoms. The van der Waals surface area contributed by atoms with Crippen LogP contribution >= 0.6 is 0 Å². The van der Waals surface area contributed by atoms with Crippen LogP contribution in [0.15, 0.2) is 42.5 Å². The van der Waals surface area contributed by atoms with E-state index in [1.165, 1.54) is 26.2 Å². The lowest BCUT2D eigenvalue weighted by molar-refractivity contribution is -0.147. The first-order valence-corrected chi connectivity index (χ1v) is 11.0. The number of hydrogen-bond donors (Lipinski definition) is 1. The van der Waals surface area contributed by atoms with Crippen molar-refractivity contribution < 1.29 is 28.6 Å². The molecule has 8 nitrogen and oxygen atoms in total. The number of amides is 2. The van der Waals surface area contributed by atoms with Gasteiger partial charge in [-0.2, -0.15) is 0 Å². The number of hydrogen-bond acceptors (Lipinski definition) is 6. The molecule has 34 heavy (non-hydrogen) atoms. The van der Waals surface area contributed by atoms with Gasteiger partial charge >= 0.3 is 5.97 Å². The van der Waals surface area contributed by atoms with E-state index in [-0.39, 0.29) is 43.3 Å². The molecule has 2 aromatic rings. The fraction of sp³-hybridized carbons (Fsp3) is 0.423. The summed E-state index contributed by atoms with van der Waals surface area (Å²) in [5.41, 5.74) is 2.38. The molecule has 0 saturated carbocycles. The first kappa shape index (κ1) is 26.7. The third-order valence-corrected chi connectivity index (χ3v) is 5.32. The maximum Gasteiger partial charge on any atom is 0.325 e. The topological polar surface area (TPSA) is 94.2 Å². The maximum atomic E-state index is 12.9. The molecular formula is C26H34N2O6. The summed E-state index contributed by atoms with van der Waals surface area (Å²) in [6.07, 6.45) is 0.0317. The number of carbonyl (C=O) groups excluding carboxylic acids is 3. The molecule has 184 valence electrons. The van der Waals surface area contributed by atoms with E-state index >= 15 is 0 Å². The Hall–Kier alpha value is -3.55. The van der Waals surface area contributed by atoms with Crippen molar-refractivity contribution in [3.05, 3.63) is 59.2 Å². The Morgan fingerprint density at radius 3 is 2.00 bits per heavy atom. The number of esters is 1. The SMILES string of the molecule is COC(=O)CN(Cc1cc(OC)cc(OC)c1)C(=O)CCNC(=O)c1ccc(C(C)(C)C)cc1. The fourth-order valence-electron chi connectivity index (χ4n) is 3.30. The van der Waals surface area contributed by atoms with E-state index in [1.807, 2.05) is 12.1 Å². The van der Waals surface area contributed by atoms with E-state index in [0.29, 0.717) is 17.1 Å². The second-order valence-corrected chi connectivity index (χ2v) is 8.88. The van der Waals surface area contributed by atoms with Crippen molar-refractivity contribution in [3.8, 4) is 11.5 Å². The number of nitrogens with zero attached hydrogens (tertiary/aromatic N) is 1. The molecule has 1 N–H and O–H groups in total. The highest BCUT2D eigenvalue weighted by Gasteiger charge is 2.19. The summed E-state index contributed by atoms with van der Waals surface area (Å²) in [4.78, 5) is 38.6. The van der Waals surface area contributed by atoms with Gasteiger partial charge in [-0.25, -0.2) is 0 Å². The van der Waals surface area contributed by atoms with Crippen LogP contribution < -0.4 is 14.8 Å². The van der Waals surface area contributed by atoms with Crippen LogP contribution in [0.25, 0.3) is 0 Å². The standard InChI is InChI=1S/C26H34N2O6/c1-26(2,3)20-9-7-19(8-10-20)25(31)27-12-11-23(29)28(17-24(30)34-6)16-18-13-21(32-4)15-22(14-18)33-5/h7-10,13-15H,11-12,16-17H2,1-6H3,(H,27,31). The average Bonchev–Trinajstić information content (AvgIpc) is 2.82. The van der Waals surface area contributed by atoms with E-state index < -0.39 is 5.97 Å². The van der Waals surface area contributed by atoms with Gasteiger partial charge in [-0.05, 0) is 40.8 Å². The molecule has 2 rings (SSSR count). The van der Waals surface area contributed by atoms with Gasteiger partial charge in [0.2, 0.25) is 5.91 Å². The zero-order chi connectivity index (χ0) is 25.3. The zero-order valence-electron chi connectivity index (χ0n) is 20.8. The van der Waals surface area contributed by atoms with Crippen LogP contribution in [0, 0.1) is 0 Å². The molecule has 0 saturated heterocycles. The Kier molecular flexibility index (Phi) is 9.47. The van der Waals surface area contributed by atoms with Crippen molar-refractivity contribution in [2.24, 2.45) is 0 Å². The summed E-state index contributed by atoms with van der Waals surface area (Å²) in [6.45, 7) is 6.40. The van der Waals surface area contributed by atoms with Gasteiger partial charge in [-0.15, -0.1) is 0 Å². The van der Waals surface area contributed by atoms with Crippen molar-refractivity contribution >= 4 is 17.8 Å². The molecule has 0 heterocycles. The first-order valence-electron chi connectivity index (χ1n) is 11.0. The predicted octanol–water partition coefficient (Wildman–Crippen LogP) is 3.32. The average molecular weight is 471 g/mol. The van der Waals surface area contributed by atoms with Gasteiger partial charge in [0.05, 0.1) is 21.3 Å². The van der Waals surface area contributed by atoms with E-state index in [9.17, 15) is 14.4 Å². The lowest BCUT2D eigenvalue weighted by Crippen LogP contribution is -2.38. The second-order valence-electron chi connectivity index (χ2n) is 8.88. The molecule has 0 aromatic heterocycles. The quantitative estimate of drug-likeness (QED) is 0.536. The van der Waals surface area contributed by atoms with E-state index in [4.69, 9.17) is 14.2 Å². The summed E-state index contributed by atoms with van der Waals surface area (Å²) in [7, 11) is 4.34. The monoisotopic (exact) mass is 470 g/mol. The smallest absolute Gasteiger partial charge is 0.325 e. The zero-order valence-corrected chi connectivity index (χ0v) is 20.8. The highest BCUT2D eigenvalue weighted by molar-refractivity contribution is 5.94. The number of ether oxygens (including phenoxy) is 3. The van der Waals surface area contributed by atoms with Crippen molar-refractivity contribution in [2.45, 2.75) is 39.2 Å². The minimum absolute atomic E-state index is 0.00267.